The second kappa shape index (κ2) is 4.69. The average molecular weight is 295 g/mol. The third-order valence-electron chi connectivity index (χ3n) is 2.97. The van der Waals surface area contributed by atoms with Gasteiger partial charge in [0.1, 0.15) is 11.1 Å². The second-order valence-corrected chi connectivity index (χ2v) is 4.19. The first-order valence-corrected chi connectivity index (χ1v) is 5.84. The van der Waals surface area contributed by atoms with E-state index in [1.807, 2.05) is 0 Å². The number of halogens is 3. The number of methoxy groups -OCH3 is 1. The van der Waals surface area contributed by atoms with Crippen molar-refractivity contribution < 1.29 is 27.4 Å². The number of aromatic hydroxyl groups is 1. The van der Waals surface area contributed by atoms with Crippen molar-refractivity contribution in [1.82, 2.24) is 4.98 Å². The lowest BCUT2D eigenvalue weighted by atomic mass is 10.1. The number of aromatic nitrogens is 1. The zero-order chi connectivity index (χ0) is 15.1. The highest BCUT2D eigenvalue weighted by Gasteiger charge is 2.29. The van der Waals surface area contributed by atoms with E-state index in [-0.39, 0.29) is 0 Å². The molecule has 0 radical (unpaired) electrons. The molecule has 2 aromatic carbocycles. The number of para-hydroxylation sites is 2. The van der Waals surface area contributed by atoms with E-state index in [2.05, 4.69) is 9.72 Å². The predicted octanol–water partition coefficient (Wildman–Crippen LogP) is 3.63. The Labute approximate surface area is 116 Å². The van der Waals surface area contributed by atoms with Crippen molar-refractivity contribution in [3.8, 4) is 23.0 Å². The van der Waals surface area contributed by atoms with Gasteiger partial charge < -0.3 is 14.3 Å². The summed E-state index contributed by atoms with van der Waals surface area (Å²) in [4.78, 5) is 3.90. The molecule has 0 aliphatic rings. The minimum atomic E-state index is -1.56. The first-order chi connectivity index (χ1) is 10.0. The maximum atomic E-state index is 14.0. The van der Waals surface area contributed by atoms with E-state index in [1.165, 1.54) is 0 Å². The summed E-state index contributed by atoms with van der Waals surface area (Å²) in [5.41, 5.74) is -0.132. The summed E-state index contributed by atoms with van der Waals surface area (Å²) in [6, 6.07) is 6.45. The molecule has 0 aliphatic carbocycles. The van der Waals surface area contributed by atoms with Gasteiger partial charge in [0.25, 0.3) is 0 Å². The lowest BCUT2D eigenvalue weighted by Crippen LogP contribution is -2.00. The molecule has 108 valence electrons. The van der Waals surface area contributed by atoms with E-state index in [0.717, 1.165) is 7.11 Å². The molecular formula is C14H8F3NO3. The average Bonchev–Trinajstić information content (AvgIpc) is 2.89. The summed E-state index contributed by atoms with van der Waals surface area (Å²) in [7, 11) is 0.958. The summed E-state index contributed by atoms with van der Waals surface area (Å²) in [5.74, 6) is -7.05. The third kappa shape index (κ3) is 1.89. The van der Waals surface area contributed by atoms with Gasteiger partial charge in [-0.25, -0.2) is 9.37 Å². The van der Waals surface area contributed by atoms with Gasteiger partial charge in [-0.15, -0.1) is 0 Å². The van der Waals surface area contributed by atoms with Crippen LogP contribution in [0.25, 0.3) is 22.6 Å². The molecule has 0 saturated heterocycles. The van der Waals surface area contributed by atoms with Crippen LogP contribution in [0.1, 0.15) is 0 Å². The van der Waals surface area contributed by atoms with Crippen LogP contribution in [0.2, 0.25) is 0 Å². The first-order valence-electron chi connectivity index (χ1n) is 5.84. The Morgan fingerprint density at radius 2 is 1.81 bits per heavy atom. The Bertz CT molecular complexity index is 783. The summed E-state index contributed by atoms with van der Waals surface area (Å²) in [5, 5.41) is 9.73. The molecule has 3 rings (SSSR count). The van der Waals surface area contributed by atoms with Crippen LogP contribution in [0.5, 0.6) is 11.5 Å². The van der Waals surface area contributed by atoms with Crippen LogP contribution in [0, 0.1) is 17.5 Å². The van der Waals surface area contributed by atoms with E-state index in [9.17, 15) is 18.3 Å². The molecule has 0 unspecified atom stereocenters. The SMILES string of the molecule is COc1c(F)c(O)c(-c2nc3ccccc3o2)c(F)c1F. The lowest BCUT2D eigenvalue weighted by Gasteiger charge is -2.09. The fourth-order valence-electron chi connectivity index (χ4n) is 1.98. The van der Waals surface area contributed by atoms with E-state index in [0.29, 0.717) is 11.1 Å². The molecule has 1 aromatic heterocycles. The maximum absolute atomic E-state index is 14.0. The lowest BCUT2D eigenvalue weighted by molar-refractivity contribution is 0.329. The Morgan fingerprint density at radius 1 is 1.10 bits per heavy atom. The number of rotatable bonds is 2. The molecule has 0 saturated carbocycles. The van der Waals surface area contributed by atoms with Crippen molar-refractivity contribution in [2.75, 3.05) is 7.11 Å². The van der Waals surface area contributed by atoms with E-state index in [4.69, 9.17) is 4.42 Å². The number of nitrogens with zero attached hydrogens (tertiary/aromatic N) is 1. The summed E-state index contributed by atoms with van der Waals surface area (Å²) < 4.78 is 51.1. The number of hydrogen-bond acceptors (Lipinski definition) is 4. The van der Waals surface area contributed by atoms with Gasteiger partial charge in [-0.2, -0.15) is 8.78 Å². The number of benzene rings is 2. The van der Waals surface area contributed by atoms with Crippen LogP contribution >= 0.6 is 0 Å². The quantitative estimate of drug-likeness (QED) is 0.734. The second-order valence-electron chi connectivity index (χ2n) is 4.19. The van der Waals surface area contributed by atoms with Crippen LogP contribution in [-0.2, 0) is 0 Å². The van der Waals surface area contributed by atoms with Gasteiger partial charge in [0, 0.05) is 0 Å². The monoisotopic (exact) mass is 295 g/mol. The number of ether oxygens (including phenoxy) is 1. The Kier molecular flexibility index (Phi) is 2.97. The summed E-state index contributed by atoms with van der Waals surface area (Å²) >= 11 is 0. The number of hydrogen-bond donors (Lipinski definition) is 1. The highest BCUT2D eigenvalue weighted by atomic mass is 19.2. The fraction of sp³-hybridized carbons (Fsp3) is 0.0714. The molecule has 7 heteroatoms. The van der Waals surface area contributed by atoms with E-state index >= 15 is 0 Å². The third-order valence-corrected chi connectivity index (χ3v) is 2.97. The van der Waals surface area contributed by atoms with Crippen molar-refractivity contribution >= 4 is 11.1 Å². The van der Waals surface area contributed by atoms with Crippen LogP contribution in [-0.4, -0.2) is 17.2 Å². The van der Waals surface area contributed by atoms with Gasteiger partial charge >= 0.3 is 0 Å². The standard InChI is InChI=1S/C14H8F3NO3/c1-20-13-10(16)9(15)8(12(19)11(13)17)14-18-6-4-2-3-5-7(6)21-14/h2-5,19H,1H3. The highest BCUT2D eigenvalue weighted by molar-refractivity contribution is 5.78. The smallest absolute Gasteiger partial charge is 0.234 e. The normalized spacial score (nSPS) is 11.0. The van der Waals surface area contributed by atoms with Gasteiger partial charge in [-0.3, -0.25) is 0 Å². The Hall–Kier alpha value is -2.70. The van der Waals surface area contributed by atoms with Crippen LogP contribution < -0.4 is 4.74 Å². The predicted molar refractivity (Wildman–Crippen MR) is 67.5 cm³/mol. The van der Waals surface area contributed by atoms with Gasteiger partial charge in [0.2, 0.25) is 17.5 Å². The van der Waals surface area contributed by atoms with Gasteiger partial charge in [-0.05, 0) is 12.1 Å². The van der Waals surface area contributed by atoms with Crippen molar-refractivity contribution in [3.63, 3.8) is 0 Å². The van der Waals surface area contributed by atoms with Crippen LogP contribution in [0.3, 0.4) is 0 Å². The molecular weight excluding hydrogens is 287 g/mol. The molecule has 4 nitrogen and oxygen atoms in total. The fourth-order valence-corrected chi connectivity index (χ4v) is 1.98. The summed E-state index contributed by atoms with van der Waals surface area (Å²) in [6.07, 6.45) is 0. The van der Waals surface area contributed by atoms with Crippen molar-refractivity contribution in [2.24, 2.45) is 0 Å². The molecule has 0 spiro atoms. The van der Waals surface area contributed by atoms with Gasteiger partial charge in [0.05, 0.1) is 7.11 Å². The zero-order valence-corrected chi connectivity index (χ0v) is 10.7. The van der Waals surface area contributed by atoms with Crippen molar-refractivity contribution in [2.45, 2.75) is 0 Å². The minimum absolute atomic E-state index is 0.294. The molecule has 21 heavy (non-hydrogen) atoms. The minimum Gasteiger partial charge on any atom is -0.504 e. The Morgan fingerprint density at radius 3 is 2.48 bits per heavy atom. The first kappa shape index (κ1) is 13.3. The molecule has 1 N–H and O–H groups in total. The van der Waals surface area contributed by atoms with Crippen LogP contribution in [0.4, 0.5) is 13.2 Å². The molecule has 0 aliphatic heterocycles. The molecule has 0 bridgehead atoms. The van der Waals surface area contributed by atoms with Crippen molar-refractivity contribution in [1.29, 1.82) is 0 Å². The molecule has 3 aromatic rings. The summed E-state index contributed by atoms with van der Waals surface area (Å²) in [6.45, 7) is 0. The zero-order valence-electron chi connectivity index (χ0n) is 10.7. The van der Waals surface area contributed by atoms with E-state index < -0.39 is 40.4 Å². The topological polar surface area (TPSA) is 55.5 Å². The Balaban J connectivity index is 2.32. The number of phenolic OH excluding ortho intramolecular Hbond substituents is 1. The number of oxazole rings is 1. The largest absolute Gasteiger partial charge is 0.504 e. The van der Waals surface area contributed by atoms with Gasteiger partial charge in [0.15, 0.2) is 22.9 Å². The highest BCUT2D eigenvalue weighted by Crippen LogP contribution is 2.41. The molecule has 0 atom stereocenters. The maximum Gasteiger partial charge on any atom is 0.234 e. The molecule has 0 amide bonds. The van der Waals surface area contributed by atoms with Gasteiger partial charge in [-0.1, -0.05) is 12.1 Å². The van der Waals surface area contributed by atoms with E-state index in [1.54, 1.807) is 24.3 Å². The molecule has 0 fully saturated rings. The number of fused-ring (bicyclic) bond motifs is 1. The van der Waals surface area contributed by atoms with Crippen molar-refractivity contribution in [3.05, 3.63) is 41.7 Å². The number of phenols is 1. The molecule has 1 heterocycles. The van der Waals surface area contributed by atoms with Crippen LogP contribution in [0.15, 0.2) is 28.7 Å².